The number of hydrogen-bond acceptors (Lipinski definition) is 4. The molecular weight excluding hydrogens is 292 g/mol. The Morgan fingerprint density at radius 2 is 2.17 bits per heavy atom. The molecule has 1 atom stereocenters. The highest BCUT2D eigenvalue weighted by Crippen LogP contribution is 2.18. The Kier molecular flexibility index (Phi) is 4.39. The number of amides is 2. The van der Waals surface area contributed by atoms with Gasteiger partial charge in [0.1, 0.15) is 6.10 Å². The van der Waals surface area contributed by atoms with Crippen LogP contribution in [0.4, 0.5) is 10.5 Å². The van der Waals surface area contributed by atoms with Crippen LogP contribution in [0.1, 0.15) is 12.0 Å². The molecule has 6 nitrogen and oxygen atoms in total. The van der Waals surface area contributed by atoms with Crippen LogP contribution in [0.2, 0.25) is 0 Å². The lowest BCUT2D eigenvalue weighted by Crippen LogP contribution is -2.34. The summed E-state index contributed by atoms with van der Waals surface area (Å²) in [5.74, 6) is 0.416. The van der Waals surface area contributed by atoms with Gasteiger partial charge in [-0.3, -0.25) is 0 Å². The zero-order chi connectivity index (χ0) is 16.1. The number of likely N-dealkylation sites (tertiary alicyclic amines) is 1. The summed E-state index contributed by atoms with van der Waals surface area (Å²) in [6.45, 7) is 1.12. The number of para-hydroxylation sites is 1. The van der Waals surface area contributed by atoms with Crippen LogP contribution >= 0.6 is 0 Å². The fourth-order valence-corrected chi connectivity index (χ4v) is 2.45. The fourth-order valence-electron chi connectivity index (χ4n) is 2.45. The molecule has 1 unspecified atom stereocenters. The van der Waals surface area contributed by atoms with E-state index >= 15 is 0 Å². The van der Waals surface area contributed by atoms with Crippen LogP contribution in [0.15, 0.2) is 48.7 Å². The van der Waals surface area contributed by atoms with E-state index in [4.69, 9.17) is 10.00 Å². The molecule has 3 rings (SSSR count). The summed E-state index contributed by atoms with van der Waals surface area (Å²) >= 11 is 0. The molecule has 1 N–H and O–H groups in total. The highest BCUT2D eigenvalue weighted by Gasteiger charge is 2.28. The smallest absolute Gasteiger partial charge is 0.321 e. The lowest BCUT2D eigenvalue weighted by atomic mass is 10.3. The molecule has 0 spiro atoms. The quantitative estimate of drug-likeness (QED) is 0.945. The summed E-state index contributed by atoms with van der Waals surface area (Å²) in [4.78, 5) is 18.0. The van der Waals surface area contributed by atoms with Crippen molar-refractivity contribution < 1.29 is 9.53 Å². The van der Waals surface area contributed by atoms with Gasteiger partial charge < -0.3 is 15.0 Å². The van der Waals surface area contributed by atoms with Crippen LogP contribution in [0, 0.1) is 11.3 Å². The van der Waals surface area contributed by atoms with Gasteiger partial charge in [0.15, 0.2) is 0 Å². The SMILES string of the molecule is N#Cc1ccnc(OC2CCN(C(=O)Nc3ccccc3)C2)c1. The van der Waals surface area contributed by atoms with E-state index in [0.29, 0.717) is 24.5 Å². The zero-order valence-corrected chi connectivity index (χ0v) is 12.5. The number of ether oxygens (including phenoxy) is 1. The molecule has 116 valence electrons. The lowest BCUT2D eigenvalue weighted by molar-refractivity contribution is 0.190. The van der Waals surface area contributed by atoms with E-state index in [-0.39, 0.29) is 12.1 Å². The number of hydrogen-bond donors (Lipinski definition) is 1. The van der Waals surface area contributed by atoms with Crippen LogP contribution in [0.5, 0.6) is 5.88 Å². The average Bonchev–Trinajstić information content (AvgIpc) is 3.04. The Hall–Kier alpha value is -3.07. The van der Waals surface area contributed by atoms with E-state index in [2.05, 4.69) is 16.4 Å². The minimum atomic E-state index is -0.138. The number of aromatic nitrogens is 1. The molecule has 1 saturated heterocycles. The molecule has 1 aliphatic heterocycles. The van der Waals surface area contributed by atoms with Crippen LogP contribution < -0.4 is 10.1 Å². The van der Waals surface area contributed by atoms with E-state index in [0.717, 1.165) is 12.1 Å². The summed E-state index contributed by atoms with van der Waals surface area (Å²) in [6.07, 6.45) is 2.17. The summed E-state index contributed by atoms with van der Waals surface area (Å²) in [5.41, 5.74) is 1.27. The summed E-state index contributed by atoms with van der Waals surface area (Å²) in [7, 11) is 0. The van der Waals surface area contributed by atoms with E-state index in [1.54, 1.807) is 23.2 Å². The van der Waals surface area contributed by atoms with Crippen LogP contribution in [0.3, 0.4) is 0 Å². The van der Waals surface area contributed by atoms with Gasteiger partial charge in [0.25, 0.3) is 0 Å². The van der Waals surface area contributed by atoms with Crippen molar-refractivity contribution in [3.05, 3.63) is 54.2 Å². The molecule has 2 aromatic rings. The van der Waals surface area contributed by atoms with Crippen molar-refractivity contribution in [2.45, 2.75) is 12.5 Å². The molecule has 1 aromatic heterocycles. The van der Waals surface area contributed by atoms with Gasteiger partial charge in [-0.1, -0.05) is 18.2 Å². The van der Waals surface area contributed by atoms with Gasteiger partial charge in [-0.2, -0.15) is 5.26 Å². The summed E-state index contributed by atoms with van der Waals surface area (Å²) < 4.78 is 5.76. The fraction of sp³-hybridized carbons (Fsp3) is 0.235. The largest absolute Gasteiger partial charge is 0.472 e. The first-order valence-electron chi connectivity index (χ1n) is 7.38. The number of carbonyl (C=O) groups is 1. The van der Waals surface area contributed by atoms with Gasteiger partial charge in [-0.25, -0.2) is 9.78 Å². The first-order chi connectivity index (χ1) is 11.2. The average molecular weight is 308 g/mol. The van der Waals surface area contributed by atoms with E-state index in [1.165, 1.54) is 0 Å². The van der Waals surface area contributed by atoms with Crippen molar-refractivity contribution in [2.24, 2.45) is 0 Å². The maximum Gasteiger partial charge on any atom is 0.321 e. The Morgan fingerprint density at radius 1 is 1.35 bits per heavy atom. The number of benzene rings is 1. The number of nitrogens with one attached hydrogen (secondary N) is 1. The second-order valence-electron chi connectivity index (χ2n) is 5.27. The molecule has 0 aliphatic carbocycles. The third-order valence-corrected chi connectivity index (χ3v) is 3.61. The van der Waals surface area contributed by atoms with Gasteiger partial charge in [0, 0.05) is 30.9 Å². The van der Waals surface area contributed by atoms with Crippen molar-refractivity contribution in [3.8, 4) is 11.9 Å². The Morgan fingerprint density at radius 3 is 2.96 bits per heavy atom. The maximum absolute atomic E-state index is 12.2. The molecule has 0 bridgehead atoms. The van der Waals surface area contributed by atoms with Crippen molar-refractivity contribution in [2.75, 3.05) is 18.4 Å². The molecule has 23 heavy (non-hydrogen) atoms. The number of anilines is 1. The standard InChI is InChI=1S/C17H16N4O2/c18-11-13-6-8-19-16(10-13)23-15-7-9-21(12-15)17(22)20-14-4-2-1-3-5-14/h1-6,8,10,15H,7,9,12H2,(H,20,22). The highest BCUT2D eigenvalue weighted by molar-refractivity contribution is 5.89. The zero-order valence-electron chi connectivity index (χ0n) is 12.5. The molecule has 1 aromatic carbocycles. The summed E-state index contributed by atoms with van der Waals surface area (Å²) in [5, 5.41) is 11.7. The van der Waals surface area contributed by atoms with E-state index < -0.39 is 0 Å². The molecule has 6 heteroatoms. The third kappa shape index (κ3) is 3.77. The van der Waals surface area contributed by atoms with E-state index in [9.17, 15) is 4.79 Å². The second kappa shape index (κ2) is 6.79. The van der Waals surface area contributed by atoms with E-state index in [1.807, 2.05) is 30.3 Å². The molecule has 2 amide bonds. The van der Waals surface area contributed by atoms with Crippen LogP contribution in [0.25, 0.3) is 0 Å². The number of carbonyl (C=O) groups excluding carboxylic acids is 1. The minimum Gasteiger partial charge on any atom is -0.472 e. The first kappa shape index (κ1) is 14.9. The third-order valence-electron chi connectivity index (χ3n) is 3.61. The minimum absolute atomic E-state index is 0.113. The number of nitriles is 1. The van der Waals surface area contributed by atoms with Crippen LogP contribution in [-0.4, -0.2) is 35.1 Å². The van der Waals surface area contributed by atoms with Gasteiger partial charge in [-0.05, 0) is 18.2 Å². The molecule has 0 radical (unpaired) electrons. The predicted molar refractivity (Wildman–Crippen MR) is 85.0 cm³/mol. The van der Waals surface area contributed by atoms with Gasteiger partial charge in [0.2, 0.25) is 5.88 Å². The predicted octanol–water partition coefficient (Wildman–Crippen LogP) is 2.64. The Bertz CT molecular complexity index is 727. The van der Waals surface area contributed by atoms with Crippen molar-refractivity contribution in [1.29, 1.82) is 5.26 Å². The van der Waals surface area contributed by atoms with Gasteiger partial charge in [0.05, 0.1) is 18.2 Å². The number of nitrogens with zero attached hydrogens (tertiary/aromatic N) is 3. The molecule has 1 fully saturated rings. The molecule has 0 saturated carbocycles. The first-order valence-corrected chi connectivity index (χ1v) is 7.38. The Labute approximate surface area is 134 Å². The number of urea groups is 1. The van der Waals surface area contributed by atoms with Crippen molar-refractivity contribution in [1.82, 2.24) is 9.88 Å². The van der Waals surface area contributed by atoms with Crippen molar-refractivity contribution >= 4 is 11.7 Å². The second-order valence-corrected chi connectivity index (χ2v) is 5.27. The normalized spacial score (nSPS) is 16.7. The lowest BCUT2D eigenvalue weighted by Gasteiger charge is -2.17. The number of pyridine rings is 1. The van der Waals surface area contributed by atoms with Crippen LogP contribution in [-0.2, 0) is 0 Å². The topological polar surface area (TPSA) is 78.2 Å². The Balaban J connectivity index is 1.56. The van der Waals surface area contributed by atoms with Gasteiger partial charge in [-0.15, -0.1) is 0 Å². The monoisotopic (exact) mass is 308 g/mol. The molecule has 1 aliphatic rings. The maximum atomic E-state index is 12.2. The van der Waals surface area contributed by atoms with Crippen molar-refractivity contribution in [3.63, 3.8) is 0 Å². The number of rotatable bonds is 3. The molecule has 2 heterocycles. The van der Waals surface area contributed by atoms with Gasteiger partial charge >= 0.3 is 6.03 Å². The highest BCUT2D eigenvalue weighted by atomic mass is 16.5. The molecular formula is C17H16N4O2. The summed E-state index contributed by atoms with van der Waals surface area (Å²) in [6, 6.07) is 14.5.